The first-order chi connectivity index (χ1) is 11.5. The predicted octanol–water partition coefficient (Wildman–Crippen LogP) is 3.96. The van der Waals surface area contributed by atoms with Gasteiger partial charge in [0, 0.05) is 5.56 Å². The number of aromatic amines is 1. The minimum atomic E-state index is -1.15. The molecule has 122 valence electrons. The molecule has 2 aromatic carbocycles. The average Bonchev–Trinajstić information content (AvgIpc) is 2.97. The zero-order valence-electron chi connectivity index (χ0n) is 12.4. The molecular formula is C16H11ClF2N4O. The molecule has 0 spiro atoms. The molecule has 1 heterocycles. The summed E-state index contributed by atoms with van der Waals surface area (Å²) in [4.78, 5) is 16.6. The van der Waals surface area contributed by atoms with E-state index in [0.29, 0.717) is 22.9 Å². The van der Waals surface area contributed by atoms with Gasteiger partial charge >= 0.3 is 0 Å². The van der Waals surface area contributed by atoms with E-state index < -0.39 is 17.5 Å². The van der Waals surface area contributed by atoms with Crippen molar-refractivity contribution in [2.24, 2.45) is 0 Å². The quantitative estimate of drug-likeness (QED) is 0.704. The minimum Gasteiger partial charge on any atom is -0.321 e. The first-order valence-electron chi connectivity index (χ1n) is 6.90. The molecule has 0 fully saturated rings. The van der Waals surface area contributed by atoms with Crippen molar-refractivity contribution >= 4 is 23.2 Å². The Morgan fingerprint density at radius 2 is 1.92 bits per heavy atom. The molecule has 0 aliphatic heterocycles. The van der Waals surface area contributed by atoms with Gasteiger partial charge in [0.2, 0.25) is 0 Å². The number of benzene rings is 2. The number of halogens is 3. The molecule has 24 heavy (non-hydrogen) atoms. The summed E-state index contributed by atoms with van der Waals surface area (Å²) in [6.07, 6.45) is 0. The van der Waals surface area contributed by atoms with Crippen LogP contribution in [0.25, 0.3) is 11.4 Å². The highest BCUT2D eigenvalue weighted by Crippen LogP contribution is 2.27. The lowest BCUT2D eigenvalue weighted by Gasteiger charge is -2.10. The van der Waals surface area contributed by atoms with Crippen molar-refractivity contribution in [2.45, 2.75) is 6.92 Å². The smallest absolute Gasteiger partial charge is 0.257 e. The molecule has 0 bridgehead atoms. The fourth-order valence-electron chi connectivity index (χ4n) is 2.14. The van der Waals surface area contributed by atoms with Crippen LogP contribution < -0.4 is 5.32 Å². The van der Waals surface area contributed by atoms with E-state index >= 15 is 0 Å². The summed E-state index contributed by atoms with van der Waals surface area (Å²) < 4.78 is 26.5. The summed E-state index contributed by atoms with van der Waals surface area (Å²) in [6.45, 7) is 1.75. The van der Waals surface area contributed by atoms with Crippen molar-refractivity contribution < 1.29 is 13.6 Å². The number of carbonyl (C=O) groups is 1. The van der Waals surface area contributed by atoms with Gasteiger partial charge in [-0.25, -0.2) is 13.8 Å². The van der Waals surface area contributed by atoms with Crippen LogP contribution in [0.2, 0.25) is 5.02 Å². The number of aryl methyl sites for hydroxylation is 1. The third kappa shape index (κ3) is 3.11. The number of H-pyrrole nitrogens is 1. The van der Waals surface area contributed by atoms with Crippen LogP contribution in [0.15, 0.2) is 36.4 Å². The fourth-order valence-corrected chi connectivity index (χ4v) is 2.37. The van der Waals surface area contributed by atoms with Crippen molar-refractivity contribution in [3.05, 3.63) is 64.4 Å². The first-order valence-corrected chi connectivity index (χ1v) is 7.28. The van der Waals surface area contributed by atoms with E-state index in [-0.39, 0.29) is 10.6 Å². The second-order valence-corrected chi connectivity index (χ2v) is 5.40. The van der Waals surface area contributed by atoms with E-state index in [4.69, 9.17) is 11.6 Å². The molecule has 3 aromatic rings. The lowest BCUT2D eigenvalue weighted by atomic mass is 10.1. The van der Waals surface area contributed by atoms with Crippen LogP contribution in [0.5, 0.6) is 0 Å². The largest absolute Gasteiger partial charge is 0.321 e. The molecule has 1 aromatic heterocycles. The number of rotatable bonds is 3. The molecule has 0 saturated heterocycles. The van der Waals surface area contributed by atoms with Crippen LogP contribution in [0.1, 0.15) is 16.2 Å². The summed E-state index contributed by atoms with van der Waals surface area (Å²) in [6, 6.07) is 8.37. The fraction of sp³-hybridized carbons (Fsp3) is 0.0625. The molecule has 0 unspecified atom stereocenters. The zero-order chi connectivity index (χ0) is 17.3. The number of carbonyl (C=O) groups excluding carboxylic acids is 1. The van der Waals surface area contributed by atoms with Crippen molar-refractivity contribution in [1.82, 2.24) is 15.2 Å². The van der Waals surface area contributed by atoms with Crippen LogP contribution in [0.3, 0.4) is 0 Å². The highest BCUT2D eigenvalue weighted by molar-refractivity contribution is 6.34. The average molecular weight is 349 g/mol. The maximum Gasteiger partial charge on any atom is 0.257 e. The van der Waals surface area contributed by atoms with E-state index in [9.17, 15) is 13.6 Å². The number of nitrogens with zero attached hydrogens (tertiary/aromatic N) is 2. The Bertz CT molecular complexity index is 926. The lowest BCUT2D eigenvalue weighted by Crippen LogP contribution is -2.14. The number of anilines is 1. The molecule has 0 aliphatic carbocycles. The van der Waals surface area contributed by atoms with Crippen molar-refractivity contribution in [3.63, 3.8) is 0 Å². The van der Waals surface area contributed by atoms with Crippen LogP contribution in [-0.4, -0.2) is 21.1 Å². The lowest BCUT2D eigenvalue weighted by molar-refractivity contribution is 0.102. The van der Waals surface area contributed by atoms with Crippen molar-refractivity contribution in [1.29, 1.82) is 0 Å². The number of aromatic nitrogens is 3. The van der Waals surface area contributed by atoms with E-state index in [1.165, 1.54) is 0 Å². The predicted molar refractivity (Wildman–Crippen MR) is 85.9 cm³/mol. The van der Waals surface area contributed by atoms with E-state index in [1.807, 2.05) is 0 Å². The molecule has 5 nitrogen and oxygen atoms in total. The van der Waals surface area contributed by atoms with E-state index in [0.717, 1.165) is 12.1 Å². The van der Waals surface area contributed by atoms with Gasteiger partial charge in [-0.05, 0) is 31.2 Å². The molecule has 0 saturated carbocycles. The van der Waals surface area contributed by atoms with Gasteiger partial charge in [-0.2, -0.15) is 5.10 Å². The van der Waals surface area contributed by atoms with E-state index in [1.54, 1.807) is 31.2 Å². The van der Waals surface area contributed by atoms with Crippen molar-refractivity contribution in [2.75, 3.05) is 5.32 Å². The summed E-state index contributed by atoms with van der Waals surface area (Å²) >= 11 is 5.83. The second kappa shape index (κ2) is 6.37. The Labute approximate surface area is 140 Å². The van der Waals surface area contributed by atoms with Gasteiger partial charge in [-0.1, -0.05) is 23.7 Å². The molecule has 2 N–H and O–H groups in total. The standard InChI is InChI=1S/C16H11ClF2N4O/c1-8-20-15(23-22-8)9-4-2-3-5-14(9)21-16(24)10-6-12(18)13(19)7-11(10)17/h2-7H,1H3,(H,21,24)(H,20,22,23). The molecule has 8 heteroatoms. The Hall–Kier alpha value is -2.80. The Kier molecular flexibility index (Phi) is 4.26. The maximum absolute atomic E-state index is 13.4. The molecule has 1 amide bonds. The van der Waals surface area contributed by atoms with Gasteiger partial charge in [-0.15, -0.1) is 0 Å². The van der Waals surface area contributed by atoms with Gasteiger partial charge < -0.3 is 5.32 Å². The SMILES string of the molecule is Cc1nc(-c2ccccc2NC(=O)c2cc(F)c(F)cc2Cl)n[nH]1. The maximum atomic E-state index is 13.4. The second-order valence-electron chi connectivity index (χ2n) is 4.99. The van der Waals surface area contributed by atoms with Crippen molar-refractivity contribution in [3.8, 4) is 11.4 Å². The van der Waals surface area contributed by atoms with Gasteiger partial charge in [0.15, 0.2) is 17.5 Å². The number of amides is 1. The van der Waals surface area contributed by atoms with E-state index in [2.05, 4.69) is 20.5 Å². The Balaban J connectivity index is 1.95. The Morgan fingerprint density at radius 1 is 1.21 bits per heavy atom. The van der Waals surface area contributed by atoms with Gasteiger partial charge in [-0.3, -0.25) is 9.89 Å². The first kappa shape index (κ1) is 16.1. The number of nitrogens with one attached hydrogen (secondary N) is 2. The normalized spacial score (nSPS) is 10.7. The summed E-state index contributed by atoms with van der Waals surface area (Å²) in [7, 11) is 0. The number of para-hydroxylation sites is 1. The zero-order valence-corrected chi connectivity index (χ0v) is 13.2. The van der Waals surface area contributed by atoms with Crippen LogP contribution in [0, 0.1) is 18.6 Å². The molecule has 0 radical (unpaired) electrons. The van der Waals surface area contributed by atoms with Crippen LogP contribution in [0.4, 0.5) is 14.5 Å². The highest BCUT2D eigenvalue weighted by atomic mass is 35.5. The summed E-state index contributed by atoms with van der Waals surface area (Å²) in [5.41, 5.74) is 0.827. The topological polar surface area (TPSA) is 70.7 Å². The number of hydrogen-bond acceptors (Lipinski definition) is 3. The minimum absolute atomic E-state index is 0.170. The van der Waals surface area contributed by atoms with Gasteiger partial charge in [0.1, 0.15) is 5.82 Å². The number of hydrogen-bond donors (Lipinski definition) is 2. The molecule has 3 rings (SSSR count). The molecular weight excluding hydrogens is 338 g/mol. The summed E-state index contributed by atoms with van der Waals surface area (Å²) in [5.74, 6) is -1.91. The molecule has 0 atom stereocenters. The van der Waals surface area contributed by atoms with Crippen LogP contribution >= 0.6 is 11.6 Å². The Morgan fingerprint density at radius 3 is 2.62 bits per heavy atom. The molecule has 0 aliphatic rings. The summed E-state index contributed by atoms with van der Waals surface area (Å²) in [5, 5.41) is 9.20. The van der Waals surface area contributed by atoms with Gasteiger partial charge in [0.25, 0.3) is 5.91 Å². The van der Waals surface area contributed by atoms with Gasteiger partial charge in [0.05, 0.1) is 16.3 Å². The van der Waals surface area contributed by atoms with Crippen LogP contribution in [-0.2, 0) is 0 Å². The highest BCUT2D eigenvalue weighted by Gasteiger charge is 2.17. The monoisotopic (exact) mass is 348 g/mol. The third-order valence-electron chi connectivity index (χ3n) is 3.27. The third-order valence-corrected chi connectivity index (χ3v) is 3.58.